The van der Waals surface area contributed by atoms with Gasteiger partial charge in [-0.1, -0.05) is 28.2 Å². The number of hydrogen-bond donors (Lipinski definition) is 2. The number of aliphatic hydroxyl groups is 2. The number of halogens is 4. The molecule has 0 amide bonds. The van der Waals surface area contributed by atoms with E-state index in [4.69, 9.17) is 19.7 Å². The molecule has 0 unspecified atom stereocenters. The number of hydrogen-bond acceptors (Lipinski definition) is 11. The summed E-state index contributed by atoms with van der Waals surface area (Å²) in [5.74, 6) is -1.93. The van der Waals surface area contributed by atoms with Gasteiger partial charge < -0.3 is 24.4 Å². The minimum absolute atomic E-state index is 0. The third-order valence-electron chi connectivity index (χ3n) is 4.06. The van der Waals surface area contributed by atoms with E-state index in [0.29, 0.717) is 19.4 Å². The molecular formula is C25H42I4O11. The van der Waals surface area contributed by atoms with E-state index in [9.17, 15) is 28.8 Å². The van der Waals surface area contributed by atoms with Gasteiger partial charge in [-0.15, -0.1) is 24.0 Å². The second-order valence-electron chi connectivity index (χ2n) is 8.06. The molecular weight excluding hydrogens is 984 g/mol. The zero-order chi connectivity index (χ0) is 31.6. The number of esters is 3. The topological polar surface area (TPSA) is 171 Å². The zero-order valence-corrected chi connectivity index (χ0v) is 32.7. The first-order valence-electron chi connectivity index (χ1n) is 11.7. The predicted molar refractivity (Wildman–Crippen MR) is 187 cm³/mol. The molecule has 0 aromatic rings. The number of carbonyl (C=O) groups is 6. The van der Waals surface area contributed by atoms with Gasteiger partial charge in [0.15, 0.2) is 5.78 Å². The van der Waals surface area contributed by atoms with Crippen LogP contribution in [-0.4, -0.2) is 82.4 Å². The highest BCUT2D eigenvalue weighted by Gasteiger charge is 2.22. The van der Waals surface area contributed by atoms with Crippen LogP contribution in [0.25, 0.3) is 0 Å². The van der Waals surface area contributed by atoms with Crippen LogP contribution in [0.3, 0.4) is 0 Å². The molecule has 0 spiro atoms. The lowest BCUT2D eigenvalue weighted by Crippen LogP contribution is -2.21. The Kier molecular flexibility index (Phi) is 41.6. The maximum atomic E-state index is 10.9. The van der Waals surface area contributed by atoms with Crippen LogP contribution in [0.15, 0.2) is 11.1 Å². The van der Waals surface area contributed by atoms with Crippen molar-refractivity contribution in [3.05, 3.63) is 11.1 Å². The van der Waals surface area contributed by atoms with Gasteiger partial charge in [-0.25, -0.2) is 4.79 Å². The lowest BCUT2D eigenvalue weighted by Gasteiger charge is -2.14. The van der Waals surface area contributed by atoms with Crippen LogP contribution in [0.5, 0.6) is 0 Å². The largest absolute Gasteiger partial charge is 0.466 e. The van der Waals surface area contributed by atoms with E-state index >= 15 is 0 Å². The number of ether oxygens (including phenoxy) is 3. The first-order valence-corrected chi connectivity index (χ1v) is 20.2. The minimum Gasteiger partial charge on any atom is -0.466 e. The number of aliphatic hydroxyl groups excluding tert-OH is 2. The van der Waals surface area contributed by atoms with Gasteiger partial charge in [-0.2, -0.15) is 0 Å². The van der Waals surface area contributed by atoms with Crippen LogP contribution in [0.1, 0.15) is 73.6 Å². The minimum atomic E-state index is -0.663. The van der Waals surface area contributed by atoms with Gasteiger partial charge in [0.05, 0.1) is 38.4 Å². The Labute approximate surface area is 291 Å². The van der Waals surface area contributed by atoms with Crippen molar-refractivity contribution in [3.63, 3.8) is 0 Å². The highest BCUT2D eigenvalue weighted by atomic mass is 128. The number of alkyl halides is 1. The van der Waals surface area contributed by atoms with Crippen molar-refractivity contribution in [3.8, 4) is 0 Å². The van der Waals surface area contributed by atoms with Gasteiger partial charge in [0, 0.05) is 56.5 Å². The van der Waals surface area contributed by atoms with Crippen LogP contribution in [0, 0.1) is 0 Å². The number of carbonyl (C=O) groups excluding carboxylic acids is 6. The molecule has 1 aliphatic heterocycles. The molecule has 1 aliphatic rings. The lowest BCUT2D eigenvalue weighted by molar-refractivity contribution is -0.147. The third kappa shape index (κ3) is 36.0. The Morgan fingerprint density at radius 1 is 0.900 bits per heavy atom. The van der Waals surface area contributed by atoms with Crippen molar-refractivity contribution in [2.45, 2.75) is 85.9 Å². The van der Waals surface area contributed by atoms with Gasteiger partial charge in [-0.05, 0) is 46.5 Å². The number of Topliss-reactive ketones (excluding diaryl/α,β-unsaturated/α-hetero) is 3. The van der Waals surface area contributed by atoms with E-state index in [0.717, 1.165) is 5.57 Å². The van der Waals surface area contributed by atoms with E-state index < -0.39 is 30.1 Å². The second kappa shape index (κ2) is 33.5. The molecule has 0 aromatic carbocycles. The van der Waals surface area contributed by atoms with Crippen LogP contribution in [0.4, 0.5) is 0 Å². The predicted octanol–water partition coefficient (Wildman–Crippen LogP) is 4.84. The van der Waals surface area contributed by atoms with E-state index in [2.05, 4.69) is 64.6 Å². The molecule has 11 nitrogen and oxygen atoms in total. The summed E-state index contributed by atoms with van der Waals surface area (Å²) in [6, 6.07) is 0. The summed E-state index contributed by atoms with van der Waals surface area (Å²) in [7, 11) is 0. The Balaban J connectivity index is -0.000000142. The van der Waals surface area contributed by atoms with Gasteiger partial charge in [0.1, 0.15) is 23.6 Å². The lowest BCUT2D eigenvalue weighted by atomic mass is 10.0. The quantitative estimate of drug-likeness (QED) is 0.0726. The van der Waals surface area contributed by atoms with E-state index in [1.54, 1.807) is 13.8 Å². The van der Waals surface area contributed by atoms with Crippen molar-refractivity contribution in [1.29, 1.82) is 0 Å². The Bertz CT molecular complexity index is 783. The average molecular weight is 1030 g/mol. The van der Waals surface area contributed by atoms with Crippen LogP contribution >= 0.6 is 83.8 Å². The molecule has 15 heteroatoms. The average Bonchev–Trinajstić information content (AvgIpc) is 2.81. The van der Waals surface area contributed by atoms with Gasteiger partial charge in [0.2, 0.25) is 0 Å². The monoisotopic (exact) mass is 1030 g/mol. The molecule has 1 rings (SSSR count). The number of rotatable bonds is 11. The SMILES string of the molecule is CC(=O)C1=C(C)CCOC1=O.CC(=O)CCOC(=O)CC(C)=O.CI.C[C@@H](O)CCOC(=O)C[C@@H](C)O.I.II. The van der Waals surface area contributed by atoms with Gasteiger partial charge in [0.25, 0.3) is 0 Å². The van der Waals surface area contributed by atoms with Crippen molar-refractivity contribution in [2.24, 2.45) is 0 Å². The fraction of sp³-hybridized carbons (Fsp3) is 0.680. The first-order chi connectivity index (χ1) is 18.2. The molecule has 0 bridgehead atoms. The van der Waals surface area contributed by atoms with Crippen molar-refractivity contribution in [1.82, 2.24) is 0 Å². The molecule has 0 fully saturated rings. The summed E-state index contributed by atoms with van der Waals surface area (Å²) >= 11 is 6.39. The summed E-state index contributed by atoms with van der Waals surface area (Å²) in [6.45, 7) is 9.73. The van der Waals surface area contributed by atoms with E-state index in [1.165, 1.54) is 27.7 Å². The zero-order valence-electron chi connectivity index (χ0n) is 23.9. The molecule has 0 radical (unpaired) electrons. The van der Waals surface area contributed by atoms with Crippen molar-refractivity contribution in [2.75, 3.05) is 24.8 Å². The van der Waals surface area contributed by atoms with E-state index in [1.807, 2.05) is 4.93 Å². The summed E-state index contributed by atoms with van der Waals surface area (Å²) in [4.78, 5) is 66.0. The Morgan fingerprint density at radius 2 is 1.40 bits per heavy atom. The maximum absolute atomic E-state index is 10.9. The van der Waals surface area contributed by atoms with Gasteiger partial charge in [-0.3, -0.25) is 24.0 Å². The Hall–Kier alpha value is -0.000000000000000444. The molecule has 2 atom stereocenters. The summed E-state index contributed by atoms with van der Waals surface area (Å²) in [5.41, 5.74) is 1.07. The van der Waals surface area contributed by atoms with Crippen LogP contribution in [-0.2, 0) is 43.0 Å². The molecule has 0 aromatic heterocycles. The first kappa shape index (κ1) is 49.7. The van der Waals surface area contributed by atoms with Crippen LogP contribution < -0.4 is 0 Å². The van der Waals surface area contributed by atoms with Crippen LogP contribution in [0.2, 0.25) is 0 Å². The number of cyclic esters (lactones) is 1. The fourth-order valence-electron chi connectivity index (χ4n) is 2.32. The Morgan fingerprint density at radius 3 is 1.75 bits per heavy atom. The summed E-state index contributed by atoms with van der Waals surface area (Å²) in [5, 5.41) is 17.6. The third-order valence-corrected chi connectivity index (χ3v) is 4.06. The number of ketones is 3. The second-order valence-corrected chi connectivity index (χ2v) is 8.06. The standard InChI is InChI=1S/C8H16O4.C8H12O4.C8H10O3.CH3I.I2.HI/c2*1-6(9)3-4-12-8(11)5-7(2)10;1-5-3-4-11-8(10)7(5)6(2)9;2*1-2;/h6-7,9-10H,3-5H2,1-2H3;3-5H2,1-2H3;3-4H2,1-2H3;1H3;;1H/t6-,7-;;;;;/m1...../s1. The van der Waals surface area contributed by atoms with Gasteiger partial charge >= 0.3 is 17.9 Å². The molecule has 2 N–H and O–H groups in total. The van der Waals surface area contributed by atoms with Crippen molar-refractivity contribution >= 4 is 119 Å². The maximum Gasteiger partial charge on any atom is 0.341 e. The molecule has 1 heterocycles. The smallest absolute Gasteiger partial charge is 0.341 e. The normalized spacial score (nSPS) is 12.7. The summed E-state index contributed by atoms with van der Waals surface area (Å²) in [6.07, 6.45) is 0.0153. The molecule has 40 heavy (non-hydrogen) atoms. The summed E-state index contributed by atoms with van der Waals surface area (Å²) < 4.78 is 14.0. The van der Waals surface area contributed by atoms with E-state index in [-0.39, 0.29) is 79.4 Å². The molecule has 0 aliphatic carbocycles. The molecule has 236 valence electrons. The molecule has 0 saturated carbocycles. The highest BCUT2D eigenvalue weighted by Crippen LogP contribution is 2.16. The fourth-order valence-corrected chi connectivity index (χ4v) is 2.32. The highest BCUT2D eigenvalue weighted by molar-refractivity contribution is 15.0. The van der Waals surface area contributed by atoms with Crippen molar-refractivity contribution < 1.29 is 53.2 Å². The molecule has 0 saturated heterocycles.